The molecule has 0 unspecified atom stereocenters. The number of carbonyl (C=O) groups excluding carboxylic acids is 1. The summed E-state index contributed by atoms with van der Waals surface area (Å²) >= 11 is 0. The van der Waals surface area contributed by atoms with Gasteiger partial charge in [0.25, 0.3) is 5.69 Å². The highest BCUT2D eigenvalue weighted by Gasteiger charge is 2.51. The minimum Gasteiger partial charge on any atom is -0.339 e. The van der Waals surface area contributed by atoms with Gasteiger partial charge in [-0.25, -0.2) is 0 Å². The van der Waals surface area contributed by atoms with Crippen LogP contribution in [0.4, 0.5) is 11.4 Å². The van der Waals surface area contributed by atoms with Crippen molar-refractivity contribution in [1.82, 2.24) is 10.1 Å². The number of nitrogens with one attached hydrogen (secondary N) is 1. The topological polar surface area (TPSA) is 111 Å². The molecule has 0 aliphatic heterocycles. The van der Waals surface area contributed by atoms with Crippen LogP contribution in [-0.4, -0.2) is 21.0 Å². The number of nitrogens with zero attached hydrogens (tertiary/aromatic N) is 3. The molecule has 1 heterocycles. The molecule has 0 atom stereocenters. The Labute approximate surface area is 173 Å². The highest BCUT2D eigenvalue weighted by molar-refractivity contribution is 6.01. The summed E-state index contributed by atoms with van der Waals surface area (Å²) in [6, 6.07) is 13.8. The molecule has 2 aromatic carbocycles. The highest BCUT2D eigenvalue weighted by Crippen LogP contribution is 2.49. The lowest BCUT2D eigenvalue weighted by Gasteiger charge is -2.16. The first-order valence-electron chi connectivity index (χ1n) is 9.85. The van der Waals surface area contributed by atoms with E-state index in [0.29, 0.717) is 23.8 Å². The highest BCUT2D eigenvalue weighted by atomic mass is 16.6. The van der Waals surface area contributed by atoms with Crippen LogP contribution in [0.2, 0.25) is 0 Å². The van der Waals surface area contributed by atoms with Crippen LogP contribution in [0.5, 0.6) is 0 Å². The number of hydrogen-bond donors (Lipinski definition) is 1. The van der Waals surface area contributed by atoms with Crippen molar-refractivity contribution in [3.8, 4) is 0 Å². The minimum absolute atomic E-state index is 0.0210. The van der Waals surface area contributed by atoms with E-state index in [-0.39, 0.29) is 17.5 Å². The lowest BCUT2D eigenvalue weighted by Crippen LogP contribution is -2.27. The molecule has 0 saturated heterocycles. The Hall–Kier alpha value is -3.55. The SMILES string of the molecule is CC(C)c1nc(Cc2ccc(NC(=O)C3(c4ccc([N+](=O)[O-])cc4)CC3)cc2)no1. The van der Waals surface area contributed by atoms with Crippen LogP contribution >= 0.6 is 0 Å². The predicted octanol–water partition coefficient (Wildman–Crippen LogP) is 4.36. The molecule has 154 valence electrons. The van der Waals surface area contributed by atoms with Gasteiger partial charge in [-0.3, -0.25) is 14.9 Å². The van der Waals surface area contributed by atoms with Crippen LogP contribution in [0.25, 0.3) is 0 Å². The Morgan fingerprint density at radius 1 is 1.17 bits per heavy atom. The molecule has 1 aliphatic rings. The van der Waals surface area contributed by atoms with Crippen molar-refractivity contribution in [2.75, 3.05) is 5.32 Å². The van der Waals surface area contributed by atoms with Crippen molar-refractivity contribution in [3.63, 3.8) is 0 Å². The number of amides is 1. The molecule has 8 heteroatoms. The number of aromatic nitrogens is 2. The van der Waals surface area contributed by atoms with E-state index in [9.17, 15) is 14.9 Å². The van der Waals surface area contributed by atoms with E-state index in [2.05, 4.69) is 15.5 Å². The Morgan fingerprint density at radius 3 is 2.37 bits per heavy atom. The maximum atomic E-state index is 12.9. The van der Waals surface area contributed by atoms with Crippen molar-refractivity contribution in [3.05, 3.63) is 81.5 Å². The summed E-state index contributed by atoms with van der Waals surface area (Å²) < 4.78 is 5.23. The number of anilines is 1. The van der Waals surface area contributed by atoms with Gasteiger partial charge in [0.1, 0.15) is 0 Å². The number of nitro benzene ring substituents is 1. The standard InChI is InChI=1S/C22H22N4O4/c1-14(2)20-24-19(25-30-20)13-15-3-7-17(8-4-15)23-21(27)22(11-12-22)16-5-9-18(10-6-16)26(28)29/h3-10,14H,11-13H2,1-2H3,(H,23,27). The van der Waals surface area contributed by atoms with E-state index in [4.69, 9.17) is 4.52 Å². The minimum atomic E-state index is -0.605. The second kappa shape index (κ2) is 7.70. The molecule has 1 aromatic heterocycles. The van der Waals surface area contributed by atoms with Crippen molar-refractivity contribution in [1.29, 1.82) is 0 Å². The number of rotatable bonds is 7. The molecule has 1 fully saturated rings. The predicted molar refractivity (Wildman–Crippen MR) is 110 cm³/mol. The number of benzene rings is 2. The smallest absolute Gasteiger partial charge is 0.269 e. The van der Waals surface area contributed by atoms with E-state index in [1.807, 2.05) is 38.1 Å². The van der Waals surface area contributed by atoms with Crippen LogP contribution in [0.15, 0.2) is 53.1 Å². The summed E-state index contributed by atoms with van der Waals surface area (Å²) in [5.74, 6) is 1.35. The normalized spacial score (nSPS) is 14.5. The van der Waals surface area contributed by atoms with Crippen LogP contribution < -0.4 is 5.32 Å². The van der Waals surface area contributed by atoms with Gasteiger partial charge < -0.3 is 9.84 Å². The van der Waals surface area contributed by atoms with Gasteiger partial charge in [0.15, 0.2) is 5.82 Å². The zero-order valence-corrected chi connectivity index (χ0v) is 16.8. The summed E-state index contributed by atoms with van der Waals surface area (Å²) in [5.41, 5.74) is 1.94. The number of hydrogen-bond acceptors (Lipinski definition) is 6. The monoisotopic (exact) mass is 406 g/mol. The van der Waals surface area contributed by atoms with E-state index < -0.39 is 10.3 Å². The fourth-order valence-corrected chi connectivity index (χ4v) is 3.39. The summed E-state index contributed by atoms with van der Waals surface area (Å²) in [4.78, 5) is 27.7. The van der Waals surface area contributed by atoms with Crippen molar-refractivity contribution in [2.45, 2.75) is 44.4 Å². The fraction of sp³-hybridized carbons (Fsp3) is 0.318. The molecule has 1 aliphatic carbocycles. The van der Waals surface area contributed by atoms with Gasteiger partial charge in [0.05, 0.1) is 10.3 Å². The Balaban J connectivity index is 1.41. The molecule has 3 aromatic rings. The van der Waals surface area contributed by atoms with Gasteiger partial charge >= 0.3 is 0 Å². The Morgan fingerprint density at radius 2 is 1.83 bits per heavy atom. The molecule has 0 radical (unpaired) electrons. The lowest BCUT2D eigenvalue weighted by molar-refractivity contribution is -0.384. The molecule has 0 spiro atoms. The molecular weight excluding hydrogens is 384 g/mol. The van der Waals surface area contributed by atoms with Crippen LogP contribution in [0.3, 0.4) is 0 Å². The fourth-order valence-electron chi connectivity index (χ4n) is 3.39. The van der Waals surface area contributed by atoms with Gasteiger partial charge in [-0.05, 0) is 36.1 Å². The lowest BCUT2D eigenvalue weighted by atomic mass is 9.94. The van der Waals surface area contributed by atoms with Crippen LogP contribution in [0, 0.1) is 10.1 Å². The average molecular weight is 406 g/mol. The zero-order chi connectivity index (χ0) is 21.3. The van der Waals surface area contributed by atoms with E-state index in [0.717, 1.165) is 24.0 Å². The van der Waals surface area contributed by atoms with E-state index in [1.54, 1.807) is 12.1 Å². The van der Waals surface area contributed by atoms with Crippen LogP contribution in [-0.2, 0) is 16.6 Å². The van der Waals surface area contributed by atoms with Crippen molar-refractivity contribution < 1.29 is 14.2 Å². The summed E-state index contributed by atoms with van der Waals surface area (Å²) in [6.45, 7) is 4.00. The second-order valence-corrected chi connectivity index (χ2v) is 7.92. The van der Waals surface area contributed by atoms with Gasteiger partial charge in [-0.15, -0.1) is 0 Å². The van der Waals surface area contributed by atoms with Crippen LogP contribution in [0.1, 0.15) is 55.4 Å². The maximum Gasteiger partial charge on any atom is 0.269 e. The first-order chi connectivity index (χ1) is 14.4. The molecule has 30 heavy (non-hydrogen) atoms. The number of carbonyl (C=O) groups is 1. The summed E-state index contributed by atoms with van der Waals surface area (Å²) in [7, 11) is 0. The largest absolute Gasteiger partial charge is 0.339 e. The molecule has 4 rings (SSSR count). The molecule has 1 saturated carbocycles. The maximum absolute atomic E-state index is 12.9. The third-order valence-corrected chi connectivity index (χ3v) is 5.37. The quantitative estimate of drug-likeness (QED) is 0.461. The van der Waals surface area contributed by atoms with Gasteiger partial charge in [0, 0.05) is 30.2 Å². The third kappa shape index (κ3) is 3.94. The summed E-state index contributed by atoms with van der Waals surface area (Å²) in [5, 5.41) is 17.8. The molecule has 8 nitrogen and oxygen atoms in total. The van der Waals surface area contributed by atoms with Gasteiger partial charge in [-0.2, -0.15) is 4.98 Å². The Bertz CT molecular complexity index is 1070. The second-order valence-electron chi connectivity index (χ2n) is 7.92. The van der Waals surface area contributed by atoms with E-state index >= 15 is 0 Å². The molecule has 0 bridgehead atoms. The number of non-ortho nitro benzene ring substituents is 1. The summed E-state index contributed by atoms with van der Waals surface area (Å²) in [6.07, 6.45) is 2.01. The first-order valence-corrected chi connectivity index (χ1v) is 9.85. The van der Waals surface area contributed by atoms with Crippen molar-refractivity contribution >= 4 is 17.3 Å². The first kappa shape index (κ1) is 19.8. The van der Waals surface area contributed by atoms with E-state index in [1.165, 1.54) is 12.1 Å². The van der Waals surface area contributed by atoms with Gasteiger partial charge in [-0.1, -0.05) is 43.3 Å². The average Bonchev–Trinajstić information content (AvgIpc) is 3.42. The molecular formula is C22H22N4O4. The van der Waals surface area contributed by atoms with Gasteiger partial charge in [0.2, 0.25) is 11.8 Å². The zero-order valence-electron chi connectivity index (χ0n) is 16.8. The molecule has 1 amide bonds. The third-order valence-electron chi connectivity index (χ3n) is 5.37. The number of nitro groups is 1. The molecule has 1 N–H and O–H groups in total. The Kier molecular flexibility index (Phi) is 5.07. The van der Waals surface area contributed by atoms with Crippen molar-refractivity contribution in [2.24, 2.45) is 0 Å².